The molecule has 0 bridgehead atoms. The van der Waals surface area contributed by atoms with Crippen molar-refractivity contribution < 1.29 is 0 Å². The number of benzene rings is 6. The second-order valence-corrected chi connectivity index (χ2v) is 10.4. The smallest absolute Gasteiger partial charge is 0.0715 e. The Hall–Kier alpha value is -5.47. The molecular weight excluding hydrogens is 496 g/mol. The van der Waals surface area contributed by atoms with E-state index in [0.717, 1.165) is 22.2 Å². The number of aromatic nitrogens is 2. The molecule has 0 aliphatic carbocycles. The van der Waals surface area contributed by atoms with Crippen LogP contribution in [0.3, 0.4) is 0 Å². The molecule has 0 atom stereocenters. The van der Waals surface area contributed by atoms with Crippen LogP contribution < -0.4 is 0 Å². The summed E-state index contributed by atoms with van der Waals surface area (Å²) in [6, 6.07) is 56.1. The van der Waals surface area contributed by atoms with Crippen LogP contribution in [0, 0.1) is 0 Å². The van der Waals surface area contributed by atoms with Crippen molar-refractivity contribution in [3.05, 3.63) is 158 Å². The average Bonchev–Trinajstić information content (AvgIpc) is 3.39. The number of hydrogen-bond acceptors (Lipinski definition) is 1. The third-order valence-corrected chi connectivity index (χ3v) is 8.02. The Balaban J connectivity index is 1.17. The molecule has 0 aliphatic heterocycles. The van der Waals surface area contributed by atoms with Gasteiger partial charge in [0, 0.05) is 27.4 Å². The highest BCUT2D eigenvalue weighted by molar-refractivity contribution is 6.09. The van der Waals surface area contributed by atoms with E-state index >= 15 is 0 Å². The highest BCUT2D eigenvalue weighted by Gasteiger charge is 2.12. The van der Waals surface area contributed by atoms with E-state index in [9.17, 15) is 0 Å². The molecule has 2 heterocycles. The zero-order valence-corrected chi connectivity index (χ0v) is 22.4. The van der Waals surface area contributed by atoms with Crippen LogP contribution in [0.4, 0.5) is 0 Å². The quantitative estimate of drug-likeness (QED) is 0.225. The van der Waals surface area contributed by atoms with Gasteiger partial charge >= 0.3 is 0 Å². The molecule has 2 heteroatoms. The summed E-state index contributed by atoms with van der Waals surface area (Å²) in [5.74, 6) is 0. The molecule has 0 N–H and O–H groups in total. The van der Waals surface area contributed by atoms with E-state index in [4.69, 9.17) is 4.98 Å². The van der Waals surface area contributed by atoms with E-state index in [0.29, 0.717) is 0 Å². The molecule has 0 spiro atoms. The minimum absolute atomic E-state index is 0.990. The lowest BCUT2D eigenvalue weighted by atomic mass is 9.96. The van der Waals surface area contributed by atoms with Gasteiger partial charge in [0.15, 0.2) is 0 Å². The second-order valence-electron chi connectivity index (χ2n) is 10.4. The van der Waals surface area contributed by atoms with Crippen LogP contribution in [0.5, 0.6) is 0 Å². The van der Waals surface area contributed by atoms with Crippen molar-refractivity contribution in [1.82, 2.24) is 9.55 Å². The Morgan fingerprint density at radius 2 is 0.902 bits per heavy atom. The Bertz CT molecular complexity index is 2120. The van der Waals surface area contributed by atoms with Crippen LogP contribution in [-0.4, -0.2) is 9.55 Å². The highest BCUT2D eigenvalue weighted by atomic mass is 15.0. The average molecular weight is 523 g/mol. The third kappa shape index (κ3) is 4.00. The number of rotatable bonds is 4. The first-order valence-electron chi connectivity index (χ1n) is 14.0. The van der Waals surface area contributed by atoms with Crippen LogP contribution in [0.15, 0.2) is 158 Å². The molecule has 8 rings (SSSR count). The monoisotopic (exact) mass is 522 g/mol. The van der Waals surface area contributed by atoms with Crippen LogP contribution >= 0.6 is 0 Å². The normalized spacial score (nSPS) is 11.4. The third-order valence-electron chi connectivity index (χ3n) is 8.02. The van der Waals surface area contributed by atoms with Crippen LogP contribution in [0.2, 0.25) is 0 Å². The number of para-hydroxylation sites is 3. The van der Waals surface area contributed by atoms with E-state index in [1.807, 2.05) is 6.07 Å². The van der Waals surface area contributed by atoms with Gasteiger partial charge in [0.05, 0.1) is 22.2 Å². The second kappa shape index (κ2) is 9.62. The Morgan fingerprint density at radius 3 is 1.56 bits per heavy atom. The summed E-state index contributed by atoms with van der Waals surface area (Å²) in [5.41, 5.74) is 11.5. The van der Waals surface area contributed by atoms with Crippen molar-refractivity contribution in [2.24, 2.45) is 0 Å². The maximum atomic E-state index is 4.96. The van der Waals surface area contributed by atoms with Crippen molar-refractivity contribution in [2.45, 2.75) is 0 Å². The van der Waals surface area contributed by atoms with Crippen molar-refractivity contribution >= 4 is 32.7 Å². The summed E-state index contributed by atoms with van der Waals surface area (Å²) < 4.78 is 2.36. The van der Waals surface area contributed by atoms with E-state index in [2.05, 4.69) is 156 Å². The van der Waals surface area contributed by atoms with Crippen LogP contribution in [0.1, 0.15) is 0 Å². The summed E-state index contributed by atoms with van der Waals surface area (Å²) in [6.45, 7) is 0. The van der Waals surface area contributed by atoms with Crippen LogP contribution in [-0.2, 0) is 0 Å². The van der Waals surface area contributed by atoms with Gasteiger partial charge in [0.1, 0.15) is 0 Å². The Labute approximate surface area is 238 Å². The molecule has 6 aromatic carbocycles. The molecule has 8 aromatic rings. The Kier molecular flexibility index (Phi) is 5.49. The zero-order chi connectivity index (χ0) is 27.2. The summed E-state index contributed by atoms with van der Waals surface area (Å²) >= 11 is 0. The minimum Gasteiger partial charge on any atom is -0.309 e. The molecule has 0 aliphatic rings. The zero-order valence-electron chi connectivity index (χ0n) is 22.4. The van der Waals surface area contributed by atoms with Gasteiger partial charge in [-0.25, -0.2) is 4.98 Å². The summed E-state index contributed by atoms with van der Waals surface area (Å²) in [5, 5.41) is 3.72. The fourth-order valence-corrected chi connectivity index (χ4v) is 6.02. The predicted octanol–water partition coefficient (Wildman–Crippen LogP) is 10.3. The molecule has 2 aromatic heterocycles. The molecule has 0 unspecified atom stereocenters. The molecule has 41 heavy (non-hydrogen) atoms. The van der Waals surface area contributed by atoms with Gasteiger partial charge in [-0.15, -0.1) is 0 Å². The maximum absolute atomic E-state index is 4.96. The van der Waals surface area contributed by atoms with Crippen molar-refractivity contribution in [3.8, 4) is 39.2 Å². The van der Waals surface area contributed by atoms with E-state index in [1.165, 1.54) is 49.7 Å². The first kappa shape index (κ1) is 23.4. The van der Waals surface area contributed by atoms with Crippen molar-refractivity contribution in [2.75, 3.05) is 0 Å². The van der Waals surface area contributed by atoms with E-state index in [-0.39, 0.29) is 0 Å². The molecule has 192 valence electrons. The number of pyridine rings is 1. The first-order chi connectivity index (χ1) is 20.3. The standard InChI is InChI=1S/C39H26N2/c1-2-10-30(11-3-1)37-26-35(32-12-4-7-15-36(32)40-37)29-20-18-27(19-21-29)28-22-24-31(25-23-28)41-38-16-8-5-13-33(38)34-14-6-9-17-39(34)41/h1-26H. The highest BCUT2D eigenvalue weighted by Crippen LogP contribution is 2.35. The molecule has 0 saturated carbocycles. The summed E-state index contributed by atoms with van der Waals surface area (Å²) in [6.07, 6.45) is 0. The summed E-state index contributed by atoms with van der Waals surface area (Å²) in [4.78, 5) is 4.96. The van der Waals surface area contributed by atoms with Crippen molar-refractivity contribution in [3.63, 3.8) is 0 Å². The molecule has 0 amide bonds. The largest absolute Gasteiger partial charge is 0.309 e. The van der Waals surface area contributed by atoms with E-state index in [1.54, 1.807) is 0 Å². The summed E-state index contributed by atoms with van der Waals surface area (Å²) in [7, 11) is 0. The van der Waals surface area contributed by atoms with Gasteiger partial charge in [-0.2, -0.15) is 0 Å². The lowest BCUT2D eigenvalue weighted by Gasteiger charge is -2.12. The number of nitrogens with zero attached hydrogens (tertiary/aromatic N) is 2. The fraction of sp³-hybridized carbons (Fsp3) is 0. The van der Waals surface area contributed by atoms with Gasteiger partial charge < -0.3 is 4.57 Å². The number of fused-ring (bicyclic) bond motifs is 4. The van der Waals surface area contributed by atoms with Gasteiger partial charge in [-0.3, -0.25) is 0 Å². The van der Waals surface area contributed by atoms with Gasteiger partial charge in [0.2, 0.25) is 0 Å². The lowest BCUT2D eigenvalue weighted by molar-refractivity contribution is 1.18. The SMILES string of the molecule is c1ccc(-c2cc(-c3ccc(-c4ccc(-n5c6ccccc6c6ccccc65)cc4)cc3)c3ccccc3n2)cc1. The lowest BCUT2D eigenvalue weighted by Crippen LogP contribution is -1.93. The maximum Gasteiger partial charge on any atom is 0.0715 e. The topological polar surface area (TPSA) is 17.8 Å². The van der Waals surface area contributed by atoms with Gasteiger partial charge in [0.25, 0.3) is 0 Å². The Morgan fingerprint density at radius 1 is 0.390 bits per heavy atom. The fourth-order valence-electron chi connectivity index (χ4n) is 6.02. The van der Waals surface area contributed by atoms with Gasteiger partial charge in [-0.1, -0.05) is 121 Å². The van der Waals surface area contributed by atoms with Crippen molar-refractivity contribution in [1.29, 1.82) is 0 Å². The minimum atomic E-state index is 0.990. The molecule has 0 radical (unpaired) electrons. The molecular formula is C39H26N2. The van der Waals surface area contributed by atoms with E-state index < -0.39 is 0 Å². The predicted molar refractivity (Wildman–Crippen MR) is 172 cm³/mol. The molecule has 2 nitrogen and oxygen atoms in total. The first-order valence-corrected chi connectivity index (χ1v) is 14.0. The number of hydrogen-bond donors (Lipinski definition) is 0. The molecule has 0 fully saturated rings. The molecule has 0 saturated heterocycles. The van der Waals surface area contributed by atoms with Crippen LogP contribution in [0.25, 0.3) is 71.9 Å². The van der Waals surface area contributed by atoms with Gasteiger partial charge in [-0.05, 0) is 58.7 Å².